The van der Waals surface area contributed by atoms with Gasteiger partial charge in [0.2, 0.25) is 11.8 Å². The molecule has 136 valence electrons. The van der Waals surface area contributed by atoms with E-state index >= 15 is 0 Å². The highest BCUT2D eigenvalue weighted by molar-refractivity contribution is 5.83. The van der Waals surface area contributed by atoms with E-state index in [1.165, 1.54) is 12.1 Å². The summed E-state index contributed by atoms with van der Waals surface area (Å²) in [6, 6.07) is 6.11. The number of hydrogen-bond acceptors (Lipinski definition) is 5. The Labute approximate surface area is 146 Å². The molecule has 1 aromatic carbocycles. The van der Waals surface area contributed by atoms with Crippen molar-refractivity contribution in [3.63, 3.8) is 0 Å². The minimum Gasteiger partial charge on any atom is -0.368 e. The first kappa shape index (κ1) is 17.6. The number of nitrogens with two attached hydrogens (primary N) is 1. The van der Waals surface area contributed by atoms with Crippen LogP contribution in [0.15, 0.2) is 24.3 Å². The summed E-state index contributed by atoms with van der Waals surface area (Å²) in [4.78, 5) is 28.0. The lowest BCUT2D eigenvalue weighted by molar-refractivity contribution is -0.133. The Bertz CT molecular complexity index is 616. The maximum absolute atomic E-state index is 13.0. The summed E-state index contributed by atoms with van der Waals surface area (Å²) in [7, 11) is 0. The second-order valence-electron chi connectivity index (χ2n) is 6.45. The number of halogens is 1. The van der Waals surface area contributed by atoms with E-state index in [-0.39, 0.29) is 36.3 Å². The summed E-state index contributed by atoms with van der Waals surface area (Å²) in [5.41, 5.74) is 6.27. The summed E-state index contributed by atoms with van der Waals surface area (Å²) in [6.45, 7) is 3.25. The molecule has 8 heteroatoms. The molecule has 3 rings (SSSR count). The SMILES string of the molecule is NCC(=O)NC1CNC(C(=O)N2CCN(c3ccc(F)cc3)CC2)C1. The molecule has 1 aromatic rings. The van der Waals surface area contributed by atoms with Crippen molar-refractivity contribution in [2.45, 2.75) is 18.5 Å². The van der Waals surface area contributed by atoms with Crippen molar-refractivity contribution >= 4 is 17.5 Å². The molecule has 0 saturated carbocycles. The molecule has 2 unspecified atom stereocenters. The third kappa shape index (κ3) is 4.26. The maximum Gasteiger partial charge on any atom is 0.239 e. The highest BCUT2D eigenvalue weighted by Gasteiger charge is 2.34. The number of nitrogens with one attached hydrogen (secondary N) is 2. The highest BCUT2D eigenvalue weighted by atomic mass is 19.1. The highest BCUT2D eigenvalue weighted by Crippen LogP contribution is 2.18. The van der Waals surface area contributed by atoms with Gasteiger partial charge in [-0.05, 0) is 30.7 Å². The largest absolute Gasteiger partial charge is 0.368 e. The Hall–Kier alpha value is -2.19. The van der Waals surface area contributed by atoms with Crippen molar-refractivity contribution in [2.24, 2.45) is 5.73 Å². The molecule has 2 saturated heterocycles. The van der Waals surface area contributed by atoms with Gasteiger partial charge in [-0.25, -0.2) is 4.39 Å². The topological polar surface area (TPSA) is 90.7 Å². The van der Waals surface area contributed by atoms with E-state index in [0.29, 0.717) is 26.1 Å². The van der Waals surface area contributed by atoms with Gasteiger partial charge in [0.15, 0.2) is 0 Å². The molecule has 0 radical (unpaired) electrons. The third-order valence-electron chi connectivity index (χ3n) is 4.76. The molecule has 0 spiro atoms. The van der Waals surface area contributed by atoms with Crippen molar-refractivity contribution in [1.29, 1.82) is 0 Å². The van der Waals surface area contributed by atoms with E-state index in [2.05, 4.69) is 15.5 Å². The first-order valence-electron chi connectivity index (χ1n) is 8.59. The molecule has 2 aliphatic heterocycles. The Balaban J connectivity index is 1.48. The molecule has 7 nitrogen and oxygen atoms in total. The number of carbonyl (C=O) groups is 2. The Morgan fingerprint density at radius 2 is 1.88 bits per heavy atom. The zero-order chi connectivity index (χ0) is 17.8. The lowest BCUT2D eigenvalue weighted by Crippen LogP contribution is -2.53. The number of nitrogens with zero attached hydrogens (tertiary/aromatic N) is 2. The van der Waals surface area contributed by atoms with Gasteiger partial charge in [0, 0.05) is 44.5 Å². The van der Waals surface area contributed by atoms with Crippen LogP contribution < -0.4 is 21.3 Å². The number of hydrogen-bond donors (Lipinski definition) is 3. The molecule has 2 amide bonds. The van der Waals surface area contributed by atoms with Gasteiger partial charge in [-0.3, -0.25) is 9.59 Å². The fourth-order valence-corrected chi connectivity index (χ4v) is 3.38. The number of anilines is 1. The van der Waals surface area contributed by atoms with Crippen molar-refractivity contribution in [3.05, 3.63) is 30.1 Å². The van der Waals surface area contributed by atoms with Gasteiger partial charge in [-0.15, -0.1) is 0 Å². The predicted molar refractivity (Wildman–Crippen MR) is 92.6 cm³/mol. The summed E-state index contributed by atoms with van der Waals surface area (Å²) in [6.07, 6.45) is 0.586. The summed E-state index contributed by atoms with van der Waals surface area (Å²) in [5, 5.41) is 5.99. The molecule has 2 heterocycles. The normalized spacial score (nSPS) is 23.6. The minimum atomic E-state index is -0.263. The number of rotatable bonds is 4. The minimum absolute atomic E-state index is 0.0412. The average molecular weight is 349 g/mol. The number of piperazine rings is 1. The summed E-state index contributed by atoms with van der Waals surface area (Å²) >= 11 is 0. The molecular formula is C17H24FN5O2. The zero-order valence-corrected chi connectivity index (χ0v) is 14.1. The van der Waals surface area contributed by atoms with Crippen LogP contribution in [0, 0.1) is 5.82 Å². The molecule has 0 aliphatic carbocycles. The Morgan fingerprint density at radius 1 is 1.20 bits per heavy atom. The van der Waals surface area contributed by atoms with Gasteiger partial charge >= 0.3 is 0 Å². The molecule has 0 aromatic heterocycles. The number of benzene rings is 1. The summed E-state index contributed by atoms with van der Waals surface area (Å²) < 4.78 is 13.0. The van der Waals surface area contributed by atoms with Crippen LogP contribution in [0.2, 0.25) is 0 Å². The lowest BCUT2D eigenvalue weighted by Gasteiger charge is -2.37. The molecule has 4 N–H and O–H groups in total. The third-order valence-corrected chi connectivity index (χ3v) is 4.76. The number of carbonyl (C=O) groups excluding carboxylic acids is 2. The fraction of sp³-hybridized carbons (Fsp3) is 0.529. The summed E-state index contributed by atoms with van der Waals surface area (Å²) in [5.74, 6) is -0.378. The van der Waals surface area contributed by atoms with Crippen LogP contribution in [0.5, 0.6) is 0 Å². The van der Waals surface area contributed by atoms with Crippen LogP contribution in [0.25, 0.3) is 0 Å². The van der Waals surface area contributed by atoms with Crippen LogP contribution >= 0.6 is 0 Å². The van der Waals surface area contributed by atoms with E-state index in [1.54, 1.807) is 12.1 Å². The van der Waals surface area contributed by atoms with Crippen molar-refractivity contribution in [3.8, 4) is 0 Å². The van der Waals surface area contributed by atoms with Crippen LogP contribution in [0.3, 0.4) is 0 Å². The predicted octanol–water partition coefficient (Wildman–Crippen LogP) is -0.720. The van der Waals surface area contributed by atoms with Crippen LogP contribution in [0.1, 0.15) is 6.42 Å². The smallest absolute Gasteiger partial charge is 0.239 e. The van der Waals surface area contributed by atoms with Crippen LogP contribution in [-0.4, -0.2) is 68.1 Å². The monoisotopic (exact) mass is 349 g/mol. The van der Waals surface area contributed by atoms with E-state index in [0.717, 1.165) is 18.8 Å². The van der Waals surface area contributed by atoms with Crippen molar-refractivity contribution in [2.75, 3.05) is 44.2 Å². The Kier molecular flexibility index (Phi) is 5.50. The zero-order valence-electron chi connectivity index (χ0n) is 14.1. The van der Waals surface area contributed by atoms with Crippen LogP contribution in [0.4, 0.5) is 10.1 Å². The maximum atomic E-state index is 13.0. The first-order chi connectivity index (χ1) is 12.1. The molecule has 0 bridgehead atoms. The molecular weight excluding hydrogens is 325 g/mol. The fourth-order valence-electron chi connectivity index (χ4n) is 3.38. The van der Waals surface area contributed by atoms with Gasteiger partial charge in [-0.1, -0.05) is 0 Å². The first-order valence-corrected chi connectivity index (χ1v) is 8.59. The quantitative estimate of drug-likeness (QED) is 0.667. The van der Waals surface area contributed by atoms with Crippen molar-refractivity contribution < 1.29 is 14.0 Å². The van der Waals surface area contributed by atoms with Gasteiger partial charge in [-0.2, -0.15) is 0 Å². The van der Waals surface area contributed by atoms with Crippen molar-refractivity contribution in [1.82, 2.24) is 15.5 Å². The van der Waals surface area contributed by atoms with Gasteiger partial charge < -0.3 is 26.2 Å². The standard InChI is InChI=1S/C17H24FN5O2/c18-12-1-3-14(4-2-12)22-5-7-23(8-6-22)17(25)15-9-13(11-20-15)21-16(24)10-19/h1-4,13,15,20H,5-11,19H2,(H,21,24). The van der Waals surface area contributed by atoms with E-state index in [4.69, 9.17) is 5.73 Å². The van der Waals surface area contributed by atoms with Gasteiger partial charge in [0.05, 0.1) is 12.6 Å². The lowest BCUT2D eigenvalue weighted by atomic mass is 10.1. The average Bonchev–Trinajstić information content (AvgIpc) is 3.10. The molecule has 2 atom stereocenters. The van der Waals surface area contributed by atoms with E-state index < -0.39 is 0 Å². The van der Waals surface area contributed by atoms with E-state index in [9.17, 15) is 14.0 Å². The van der Waals surface area contributed by atoms with Gasteiger partial charge in [0.25, 0.3) is 0 Å². The number of amides is 2. The second kappa shape index (κ2) is 7.79. The second-order valence-corrected chi connectivity index (χ2v) is 6.45. The Morgan fingerprint density at radius 3 is 2.52 bits per heavy atom. The van der Waals surface area contributed by atoms with Gasteiger partial charge in [0.1, 0.15) is 5.82 Å². The molecule has 2 aliphatic rings. The molecule has 25 heavy (non-hydrogen) atoms. The van der Waals surface area contributed by atoms with Crippen LogP contribution in [-0.2, 0) is 9.59 Å². The van der Waals surface area contributed by atoms with E-state index in [1.807, 2.05) is 4.90 Å². The molecule has 2 fully saturated rings.